The van der Waals surface area contributed by atoms with Crippen LogP contribution in [0.1, 0.15) is 69.0 Å². The van der Waals surface area contributed by atoms with Crippen molar-refractivity contribution < 1.29 is 50.2 Å². The van der Waals surface area contributed by atoms with Crippen molar-refractivity contribution >= 4 is 53.4 Å². The van der Waals surface area contributed by atoms with E-state index in [0.29, 0.717) is 12.1 Å². The summed E-state index contributed by atoms with van der Waals surface area (Å²) in [6.07, 6.45) is -14.7. The summed E-state index contributed by atoms with van der Waals surface area (Å²) in [5.74, 6) is -2.61. The van der Waals surface area contributed by atoms with E-state index >= 15 is 0 Å². The van der Waals surface area contributed by atoms with Gasteiger partial charge in [-0.1, -0.05) is 10.2 Å². The number of halogens is 6. The third kappa shape index (κ3) is 11.0. The van der Waals surface area contributed by atoms with Gasteiger partial charge in [0, 0.05) is 25.6 Å². The van der Waals surface area contributed by atoms with E-state index in [0.717, 1.165) is 54.8 Å². The van der Waals surface area contributed by atoms with Crippen molar-refractivity contribution in [2.24, 2.45) is 28.2 Å². The third-order valence-electron chi connectivity index (χ3n) is 8.35. The van der Waals surface area contributed by atoms with E-state index in [1.54, 1.807) is 0 Å². The minimum atomic E-state index is -4.88. The molecule has 0 aliphatic heterocycles. The number of hydrogen-bond donors (Lipinski definition) is 0. The number of carbonyl (C=O) groups is 3. The molecule has 0 saturated heterocycles. The molecule has 340 valence electrons. The van der Waals surface area contributed by atoms with Gasteiger partial charge in [-0.25, -0.2) is 33.9 Å². The van der Waals surface area contributed by atoms with Crippen LogP contribution in [0.25, 0.3) is 0 Å². The molecule has 6 aromatic heterocycles. The summed E-state index contributed by atoms with van der Waals surface area (Å²) in [6.45, 7) is 2.38. The SMILES string of the molecule is CC(OC(=O)OC(C)N(C(=O)c1ccc(C(F)(F)F)nc1CSCc1nnn(C)n1)c1nnnn1C)N(C(=O)c1ccc(C(F)(F)F)nc1CSCc1nnn(C)n1)c1nnnn1C. The van der Waals surface area contributed by atoms with Crippen LogP contribution in [0.3, 0.4) is 0 Å². The number of hydrogen-bond acceptors (Lipinski definition) is 21. The van der Waals surface area contributed by atoms with Crippen LogP contribution in [-0.2, 0) is 73.0 Å². The largest absolute Gasteiger partial charge is 0.512 e. The molecule has 0 spiro atoms. The highest BCUT2D eigenvalue weighted by atomic mass is 32.2. The molecule has 0 N–H and O–H groups in total. The number of aryl methyl sites for hydroxylation is 4. The Hall–Kier alpha value is -6.93. The first-order valence-corrected chi connectivity index (χ1v) is 20.3. The van der Waals surface area contributed by atoms with E-state index in [1.807, 2.05) is 0 Å². The molecule has 0 aliphatic carbocycles. The Morgan fingerprint density at radius 1 is 0.609 bits per heavy atom. The molecular formula is C31H32F6N20O5S2. The first kappa shape index (κ1) is 46.6. The maximum absolute atomic E-state index is 14.3. The maximum atomic E-state index is 14.3. The second-order valence-electron chi connectivity index (χ2n) is 13.0. The number of pyridine rings is 2. The van der Waals surface area contributed by atoms with Gasteiger partial charge in [-0.2, -0.15) is 35.9 Å². The molecule has 0 fully saturated rings. The predicted molar refractivity (Wildman–Crippen MR) is 204 cm³/mol. The number of nitrogens with zero attached hydrogens (tertiary/aromatic N) is 20. The predicted octanol–water partition coefficient (Wildman–Crippen LogP) is 2.31. The minimum Gasteiger partial charge on any atom is -0.410 e. The minimum absolute atomic E-state index is 0.0844. The highest BCUT2D eigenvalue weighted by Crippen LogP contribution is 2.32. The Labute approximate surface area is 363 Å². The topological polar surface area (TPSA) is 276 Å². The van der Waals surface area contributed by atoms with Crippen LogP contribution < -0.4 is 9.80 Å². The van der Waals surface area contributed by atoms with Crippen LogP contribution in [0, 0.1) is 0 Å². The van der Waals surface area contributed by atoms with Gasteiger partial charge in [0.15, 0.2) is 24.1 Å². The molecule has 2 amide bonds. The average molecular weight is 943 g/mol. The first-order chi connectivity index (χ1) is 30.2. The quantitative estimate of drug-likeness (QED) is 0.0765. The second-order valence-corrected chi connectivity index (χ2v) is 15.0. The Bertz CT molecular complexity index is 2440. The number of carbonyl (C=O) groups excluding carboxylic acids is 3. The number of thioether (sulfide) groups is 2. The van der Waals surface area contributed by atoms with E-state index in [1.165, 1.54) is 51.6 Å². The van der Waals surface area contributed by atoms with Gasteiger partial charge in [-0.3, -0.25) is 9.59 Å². The third-order valence-corrected chi connectivity index (χ3v) is 10.2. The molecule has 6 heterocycles. The van der Waals surface area contributed by atoms with Crippen LogP contribution >= 0.6 is 23.5 Å². The van der Waals surface area contributed by atoms with E-state index in [-0.39, 0.29) is 69.1 Å². The molecule has 2 unspecified atom stereocenters. The van der Waals surface area contributed by atoms with Gasteiger partial charge in [0.05, 0.1) is 48.1 Å². The molecule has 0 radical (unpaired) electrons. The van der Waals surface area contributed by atoms with Gasteiger partial charge in [0.1, 0.15) is 11.4 Å². The summed E-state index contributed by atoms with van der Waals surface area (Å²) in [6, 6.07) is 2.98. The highest BCUT2D eigenvalue weighted by Gasteiger charge is 2.39. The van der Waals surface area contributed by atoms with Crippen LogP contribution in [0.5, 0.6) is 0 Å². The Morgan fingerprint density at radius 2 is 1.00 bits per heavy atom. The van der Waals surface area contributed by atoms with Gasteiger partial charge in [0.25, 0.3) is 23.7 Å². The Balaban J connectivity index is 1.26. The molecule has 2 atom stereocenters. The first-order valence-electron chi connectivity index (χ1n) is 18.0. The molecule has 25 nitrogen and oxygen atoms in total. The molecule has 6 rings (SSSR count). The lowest BCUT2D eigenvalue weighted by atomic mass is 10.1. The molecule has 0 bridgehead atoms. The summed E-state index contributed by atoms with van der Waals surface area (Å²) < 4.78 is 95.9. The number of alkyl halides is 6. The second kappa shape index (κ2) is 19.2. The van der Waals surface area contributed by atoms with Gasteiger partial charge in [-0.15, -0.1) is 43.9 Å². The van der Waals surface area contributed by atoms with E-state index < -0.39 is 54.2 Å². The molecule has 0 saturated carbocycles. The van der Waals surface area contributed by atoms with Crippen molar-refractivity contribution in [3.05, 3.63) is 69.8 Å². The number of tetrazole rings is 4. The average Bonchev–Trinajstić information content (AvgIpc) is 4.04. The van der Waals surface area contributed by atoms with Crippen molar-refractivity contribution in [1.29, 1.82) is 0 Å². The zero-order chi connectivity index (χ0) is 46.5. The van der Waals surface area contributed by atoms with Gasteiger partial charge < -0.3 is 9.47 Å². The fourth-order valence-corrected chi connectivity index (χ4v) is 7.16. The van der Waals surface area contributed by atoms with Crippen molar-refractivity contribution in [3.63, 3.8) is 0 Å². The molecule has 0 aliphatic rings. The fraction of sp³-hybridized carbons (Fsp3) is 0.452. The van der Waals surface area contributed by atoms with Crippen LogP contribution in [0.2, 0.25) is 0 Å². The lowest BCUT2D eigenvalue weighted by molar-refractivity contribution is -0.142. The van der Waals surface area contributed by atoms with Crippen molar-refractivity contribution in [1.82, 2.24) is 90.8 Å². The lowest BCUT2D eigenvalue weighted by Crippen LogP contribution is -2.46. The number of anilines is 2. The normalized spacial score (nSPS) is 12.8. The molecule has 6 aromatic rings. The Morgan fingerprint density at radius 3 is 1.31 bits per heavy atom. The molecular weight excluding hydrogens is 911 g/mol. The van der Waals surface area contributed by atoms with Gasteiger partial charge in [-0.05, 0) is 69.4 Å². The lowest BCUT2D eigenvalue weighted by Gasteiger charge is -2.30. The number of rotatable bonds is 16. The summed E-state index contributed by atoms with van der Waals surface area (Å²) in [4.78, 5) is 53.5. The molecule has 64 heavy (non-hydrogen) atoms. The van der Waals surface area contributed by atoms with Gasteiger partial charge in [0.2, 0.25) is 0 Å². The van der Waals surface area contributed by atoms with Crippen molar-refractivity contribution in [3.8, 4) is 0 Å². The highest BCUT2D eigenvalue weighted by molar-refractivity contribution is 7.97. The summed E-state index contributed by atoms with van der Waals surface area (Å²) in [7, 11) is 5.69. The van der Waals surface area contributed by atoms with E-state index in [2.05, 4.69) is 71.8 Å². The zero-order valence-corrected chi connectivity index (χ0v) is 35.5. The smallest absolute Gasteiger partial charge is 0.410 e. The number of ether oxygens (including phenoxy) is 2. The monoisotopic (exact) mass is 942 g/mol. The number of amides is 2. The van der Waals surface area contributed by atoms with Gasteiger partial charge >= 0.3 is 18.5 Å². The van der Waals surface area contributed by atoms with Crippen LogP contribution in [0.4, 0.5) is 43.0 Å². The van der Waals surface area contributed by atoms with Crippen molar-refractivity contribution in [2.75, 3.05) is 9.80 Å². The van der Waals surface area contributed by atoms with E-state index in [9.17, 15) is 40.7 Å². The van der Waals surface area contributed by atoms with Crippen LogP contribution in [-0.4, -0.2) is 121 Å². The fourth-order valence-electron chi connectivity index (χ4n) is 5.53. The summed E-state index contributed by atoms with van der Waals surface area (Å²) in [5, 5.41) is 45.2. The Kier molecular flexibility index (Phi) is 14.0. The molecule has 33 heteroatoms. The van der Waals surface area contributed by atoms with E-state index in [4.69, 9.17) is 9.47 Å². The summed E-state index contributed by atoms with van der Waals surface area (Å²) >= 11 is 2.06. The van der Waals surface area contributed by atoms with Crippen LogP contribution in [0.15, 0.2) is 24.3 Å². The maximum Gasteiger partial charge on any atom is 0.512 e. The summed E-state index contributed by atoms with van der Waals surface area (Å²) in [5.41, 5.74) is -3.92. The standard InChI is InChI=1S/C31H32F6N20O5S2/c1-15(56(27-42-46-50-52(27)3)25(58)17-7-9-21(30(32,33)34)38-19(17)11-63-13-23-40-48-54(5)44-23)61-29(60)62-16(2)57(28-43-47-51-53(28)4)26(59)18-8-10-22(31(35,36)37)39-20(18)12-64-14-24-41-49-55(6)45-24/h7-10,15-16H,11-14H2,1-6H3. The molecule has 0 aromatic carbocycles. The van der Waals surface area contributed by atoms with Crippen molar-refractivity contribution in [2.45, 2.75) is 61.7 Å². The zero-order valence-electron chi connectivity index (χ0n) is 33.9. The number of aromatic nitrogens is 18.